The number of hydrogen-bond acceptors (Lipinski definition) is 8. The van der Waals surface area contributed by atoms with E-state index in [9.17, 15) is 19.1 Å². The highest BCUT2D eigenvalue weighted by Gasteiger charge is 2.34. The normalized spacial score (nSPS) is 14.1. The van der Waals surface area contributed by atoms with E-state index in [1.807, 2.05) is 0 Å². The van der Waals surface area contributed by atoms with Crippen molar-refractivity contribution in [2.24, 2.45) is 4.99 Å². The number of rotatable bonds is 7. The molecule has 0 radical (unpaired) electrons. The van der Waals surface area contributed by atoms with Crippen LogP contribution in [-0.4, -0.2) is 35.0 Å². The smallest absolute Gasteiger partial charge is 0.307 e. The summed E-state index contributed by atoms with van der Waals surface area (Å²) >= 11 is 7.08. The van der Waals surface area contributed by atoms with Crippen LogP contribution in [0.2, 0.25) is 5.02 Å². The summed E-state index contributed by atoms with van der Waals surface area (Å²) in [6.07, 6.45) is 1.26. The Hall–Kier alpha value is -4.48. The Morgan fingerprint density at radius 1 is 1.15 bits per heavy atom. The number of Topliss-reactive ketones (excluding diaryl/α,β-unsaturated/α-hetero) is 1. The van der Waals surface area contributed by atoms with Crippen molar-refractivity contribution in [3.63, 3.8) is 0 Å². The molecule has 0 unspecified atom stereocenters. The SMILES string of the molecule is COc1ccc(-[n+]2noc([O-])c2C(=O)CSC2=N/C(=C\c3c(F)cccc3Cl)C(=O)N2c2ccccc2)cc1. The average molecular weight is 565 g/mol. The van der Waals surface area contributed by atoms with Crippen LogP contribution in [0, 0.1) is 5.82 Å². The minimum absolute atomic E-state index is 0.0163. The van der Waals surface area contributed by atoms with E-state index in [0.717, 1.165) is 16.4 Å². The zero-order chi connectivity index (χ0) is 27.5. The summed E-state index contributed by atoms with van der Waals surface area (Å²) in [5.41, 5.74) is 0.567. The monoisotopic (exact) mass is 564 g/mol. The van der Waals surface area contributed by atoms with Crippen molar-refractivity contribution in [1.82, 2.24) is 5.27 Å². The predicted octanol–water partition coefficient (Wildman–Crippen LogP) is 4.19. The summed E-state index contributed by atoms with van der Waals surface area (Å²) in [6.45, 7) is 0. The molecule has 3 aromatic carbocycles. The molecule has 0 fully saturated rings. The number of hydrogen-bond donors (Lipinski definition) is 0. The van der Waals surface area contributed by atoms with Crippen molar-refractivity contribution in [3.8, 4) is 17.4 Å². The van der Waals surface area contributed by atoms with E-state index in [1.54, 1.807) is 54.6 Å². The number of amides is 1. The van der Waals surface area contributed by atoms with Crippen LogP contribution in [0.3, 0.4) is 0 Å². The van der Waals surface area contributed by atoms with Crippen LogP contribution in [0.5, 0.6) is 11.7 Å². The van der Waals surface area contributed by atoms with Crippen LogP contribution in [0.4, 0.5) is 10.1 Å². The van der Waals surface area contributed by atoms with Gasteiger partial charge in [-0.2, -0.15) is 0 Å². The first-order valence-corrected chi connectivity index (χ1v) is 12.8. The number of carbonyl (C=O) groups excluding carboxylic acids is 2. The molecule has 0 bridgehead atoms. The van der Waals surface area contributed by atoms with Crippen molar-refractivity contribution in [2.45, 2.75) is 0 Å². The van der Waals surface area contributed by atoms with Gasteiger partial charge < -0.3 is 14.4 Å². The van der Waals surface area contributed by atoms with Crippen molar-refractivity contribution in [3.05, 3.63) is 101 Å². The van der Waals surface area contributed by atoms with Crippen molar-refractivity contribution in [1.29, 1.82) is 0 Å². The number of thioether (sulfide) groups is 1. The van der Waals surface area contributed by atoms with Gasteiger partial charge in [0.2, 0.25) is 11.5 Å². The number of aliphatic imine (C=N–C) groups is 1. The second-order valence-corrected chi connectivity index (χ2v) is 9.42. The van der Waals surface area contributed by atoms with E-state index < -0.39 is 23.5 Å². The van der Waals surface area contributed by atoms with Crippen LogP contribution in [0.15, 0.2) is 88.0 Å². The summed E-state index contributed by atoms with van der Waals surface area (Å²) in [5, 5.41) is 16.4. The number of ether oxygens (including phenoxy) is 1. The summed E-state index contributed by atoms with van der Waals surface area (Å²) in [4.78, 5) is 32.2. The molecule has 1 aromatic heterocycles. The van der Waals surface area contributed by atoms with Crippen LogP contribution in [-0.2, 0) is 4.79 Å². The first-order chi connectivity index (χ1) is 18.9. The number of carbonyl (C=O) groups is 2. The Morgan fingerprint density at radius 2 is 1.90 bits per heavy atom. The zero-order valence-corrected chi connectivity index (χ0v) is 21.8. The van der Waals surface area contributed by atoms with Crippen LogP contribution in [0.1, 0.15) is 16.1 Å². The second kappa shape index (κ2) is 11.1. The molecule has 196 valence electrons. The van der Waals surface area contributed by atoms with Crippen molar-refractivity contribution < 1.29 is 33.0 Å². The van der Waals surface area contributed by atoms with Gasteiger partial charge in [-0.3, -0.25) is 14.5 Å². The molecular weight excluding hydrogens is 547 g/mol. The molecule has 2 heterocycles. The van der Waals surface area contributed by atoms with Gasteiger partial charge in [-0.25, -0.2) is 9.38 Å². The van der Waals surface area contributed by atoms with Gasteiger partial charge in [0.1, 0.15) is 17.3 Å². The van der Waals surface area contributed by atoms with Gasteiger partial charge in [-0.1, -0.05) is 47.6 Å². The fourth-order valence-electron chi connectivity index (χ4n) is 3.76. The third-order valence-electron chi connectivity index (χ3n) is 5.65. The number of ketones is 1. The number of methoxy groups -OCH3 is 1. The fraction of sp³-hybridized carbons (Fsp3) is 0.0741. The van der Waals surface area contributed by atoms with Crippen molar-refractivity contribution >= 4 is 52.0 Å². The minimum atomic E-state index is -0.907. The molecule has 39 heavy (non-hydrogen) atoms. The molecule has 12 heteroatoms. The molecule has 4 aromatic rings. The summed E-state index contributed by atoms with van der Waals surface area (Å²) in [5.74, 6) is -2.33. The Labute approximate surface area is 230 Å². The number of halogens is 2. The quantitative estimate of drug-likeness (QED) is 0.188. The van der Waals surface area contributed by atoms with Gasteiger partial charge >= 0.3 is 5.69 Å². The summed E-state index contributed by atoms with van der Waals surface area (Å²) in [6, 6.07) is 19.4. The highest BCUT2D eigenvalue weighted by Crippen LogP contribution is 2.31. The van der Waals surface area contributed by atoms with Gasteiger partial charge in [-0.05, 0) is 47.2 Å². The number of aromatic nitrogens is 2. The maximum absolute atomic E-state index is 14.4. The Balaban J connectivity index is 1.45. The molecule has 5 rings (SSSR count). The van der Waals surface area contributed by atoms with Gasteiger partial charge in [0.25, 0.3) is 5.91 Å². The molecule has 1 aliphatic rings. The third kappa shape index (κ3) is 5.27. The number of nitrogens with zero attached hydrogens (tertiary/aromatic N) is 4. The molecule has 1 amide bonds. The lowest BCUT2D eigenvalue weighted by atomic mass is 10.1. The maximum Gasteiger partial charge on any atom is 0.307 e. The summed E-state index contributed by atoms with van der Waals surface area (Å²) < 4.78 is 25.4. The van der Waals surface area contributed by atoms with Gasteiger partial charge in [-0.15, -0.1) is 0 Å². The van der Waals surface area contributed by atoms with Crippen LogP contribution < -0.4 is 19.4 Å². The van der Waals surface area contributed by atoms with Gasteiger partial charge in [0.15, 0.2) is 11.1 Å². The van der Waals surface area contributed by atoms with Crippen LogP contribution >= 0.6 is 23.4 Å². The topological polar surface area (TPSA) is 112 Å². The molecule has 0 spiro atoms. The maximum atomic E-state index is 14.4. The van der Waals surface area contributed by atoms with E-state index in [0.29, 0.717) is 17.1 Å². The lowest BCUT2D eigenvalue weighted by molar-refractivity contribution is -0.672. The molecule has 0 atom stereocenters. The third-order valence-corrected chi connectivity index (χ3v) is 6.92. The molecular formula is C27H18ClFN4O5S. The number of anilines is 1. The highest BCUT2D eigenvalue weighted by molar-refractivity contribution is 8.14. The van der Waals surface area contributed by atoms with E-state index in [2.05, 4.69) is 10.3 Å². The first-order valence-electron chi connectivity index (χ1n) is 11.4. The number of para-hydroxylation sites is 1. The summed E-state index contributed by atoms with van der Waals surface area (Å²) in [7, 11) is 1.51. The van der Waals surface area contributed by atoms with E-state index >= 15 is 0 Å². The van der Waals surface area contributed by atoms with E-state index in [4.69, 9.17) is 20.9 Å². The second-order valence-electron chi connectivity index (χ2n) is 8.07. The standard InChI is InChI=1S/C27H18ClFN4O5S/c1-37-18-12-10-17(11-13-18)33-24(26(36)38-31-33)23(34)15-39-27-30-22(14-19-20(28)8-5-9-21(19)29)25(35)32(27)16-6-3-2-4-7-16/h2-14H,15H2,1H3/b22-14-. The minimum Gasteiger partial charge on any atom is -0.539 e. The predicted molar refractivity (Wildman–Crippen MR) is 142 cm³/mol. The van der Waals surface area contributed by atoms with Crippen LogP contribution in [0.25, 0.3) is 11.8 Å². The van der Waals surface area contributed by atoms with E-state index in [1.165, 1.54) is 36.3 Å². The molecule has 0 saturated heterocycles. The largest absolute Gasteiger partial charge is 0.539 e. The Bertz CT molecular complexity index is 1600. The molecule has 0 N–H and O–H groups in total. The Morgan fingerprint density at radius 3 is 2.59 bits per heavy atom. The lowest BCUT2D eigenvalue weighted by Crippen LogP contribution is -2.39. The fourth-order valence-corrected chi connectivity index (χ4v) is 4.86. The van der Waals surface area contributed by atoms with E-state index in [-0.39, 0.29) is 32.9 Å². The van der Waals surface area contributed by atoms with Gasteiger partial charge in [0, 0.05) is 17.7 Å². The molecule has 0 saturated carbocycles. The first kappa shape index (κ1) is 26.1. The number of benzene rings is 3. The molecule has 9 nitrogen and oxygen atoms in total. The molecule has 1 aliphatic heterocycles. The number of amidine groups is 1. The Kier molecular flexibility index (Phi) is 7.44. The van der Waals surface area contributed by atoms with Crippen molar-refractivity contribution in [2.75, 3.05) is 17.8 Å². The zero-order valence-electron chi connectivity index (χ0n) is 20.2. The van der Waals surface area contributed by atoms with Gasteiger partial charge in [0.05, 0.1) is 28.8 Å². The molecule has 0 aliphatic carbocycles. The average Bonchev–Trinajstić information content (AvgIpc) is 3.49. The lowest BCUT2D eigenvalue weighted by Gasteiger charge is -2.17. The highest BCUT2D eigenvalue weighted by atomic mass is 35.5.